The lowest BCUT2D eigenvalue weighted by atomic mass is 10.1. The van der Waals surface area contributed by atoms with Crippen molar-refractivity contribution >= 4 is 9.84 Å². The van der Waals surface area contributed by atoms with Crippen LogP contribution in [0.25, 0.3) is 16.9 Å². The first-order valence-corrected chi connectivity index (χ1v) is 9.61. The summed E-state index contributed by atoms with van der Waals surface area (Å²) in [7, 11) is -4.00. The number of aromatic nitrogens is 2. The molecule has 2 aromatic carbocycles. The van der Waals surface area contributed by atoms with Gasteiger partial charge in [0, 0.05) is 17.9 Å². The molecular formula is C18H14F4N2O2S. The molecule has 0 saturated heterocycles. The smallest absolute Gasteiger partial charge is 0.230 e. The minimum absolute atomic E-state index is 0.124. The Labute approximate surface area is 153 Å². The predicted molar refractivity (Wildman–Crippen MR) is 91.7 cm³/mol. The van der Waals surface area contributed by atoms with E-state index in [9.17, 15) is 26.0 Å². The largest absolute Gasteiger partial charge is 0.282 e. The molecule has 0 radical (unpaired) electrons. The van der Waals surface area contributed by atoms with E-state index in [1.165, 1.54) is 0 Å². The molecule has 0 aliphatic carbocycles. The maximum Gasteiger partial charge on any atom is 0.282 e. The molecule has 3 aromatic rings. The highest BCUT2D eigenvalue weighted by atomic mass is 32.2. The summed E-state index contributed by atoms with van der Waals surface area (Å²) in [5.41, 5.74) is 0.348. The zero-order chi connectivity index (χ0) is 19.9. The van der Waals surface area contributed by atoms with Crippen molar-refractivity contribution in [3.63, 3.8) is 0 Å². The number of benzene rings is 2. The maximum absolute atomic E-state index is 14.6. The first-order valence-electron chi connectivity index (χ1n) is 7.72. The number of hydrogen-bond donors (Lipinski definition) is 0. The third kappa shape index (κ3) is 3.73. The van der Waals surface area contributed by atoms with Crippen molar-refractivity contribution in [2.75, 3.05) is 6.26 Å². The van der Waals surface area contributed by atoms with E-state index in [-0.39, 0.29) is 5.69 Å². The van der Waals surface area contributed by atoms with Gasteiger partial charge in [-0.15, -0.1) is 0 Å². The monoisotopic (exact) mass is 398 g/mol. The van der Waals surface area contributed by atoms with Gasteiger partial charge in [-0.05, 0) is 25.1 Å². The molecule has 4 nitrogen and oxygen atoms in total. The summed E-state index contributed by atoms with van der Waals surface area (Å²) in [4.78, 5) is -0.818. The Morgan fingerprint density at radius 1 is 1.04 bits per heavy atom. The van der Waals surface area contributed by atoms with Crippen LogP contribution in [0.4, 0.5) is 17.6 Å². The molecule has 1 aromatic heterocycles. The first-order chi connectivity index (χ1) is 12.6. The fraction of sp³-hybridized carbons (Fsp3) is 0.167. The highest BCUT2D eigenvalue weighted by molar-refractivity contribution is 7.90. The normalized spacial score (nSPS) is 12.0. The van der Waals surface area contributed by atoms with Crippen molar-refractivity contribution in [3.05, 3.63) is 65.4 Å². The van der Waals surface area contributed by atoms with Gasteiger partial charge >= 0.3 is 0 Å². The molecule has 0 unspecified atom stereocenters. The van der Waals surface area contributed by atoms with Crippen LogP contribution in [0.15, 0.2) is 47.4 Å². The van der Waals surface area contributed by atoms with E-state index in [2.05, 4.69) is 5.10 Å². The van der Waals surface area contributed by atoms with E-state index in [0.29, 0.717) is 17.7 Å². The number of rotatable bonds is 4. The zero-order valence-electron chi connectivity index (χ0n) is 14.2. The summed E-state index contributed by atoms with van der Waals surface area (Å²) in [5, 5.41) is 3.69. The van der Waals surface area contributed by atoms with Crippen LogP contribution in [-0.2, 0) is 9.84 Å². The number of halogens is 4. The summed E-state index contributed by atoms with van der Waals surface area (Å²) in [6.07, 6.45) is -2.18. The molecular weight excluding hydrogens is 384 g/mol. The number of hydrogen-bond acceptors (Lipinski definition) is 3. The van der Waals surface area contributed by atoms with Crippen LogP contribution < -0.4 is 0 Å². The molecule has 0 bridgehead atoms. The molecule has 142 valence electrons. The molecule has 3 rings (SSSR count). The zero-order valence-corrected chi connectivity index (χ0v) is 15.1. The van der Waals surface area contributed by atoms with Gasteiger partial charge in [-0.2, -0.15) is 5.10 Å². The average Bonchev–Trinajstić information content (AvgIpc) is 3.01. The van der Waals surface area contributed by atoms with Gasteiger partial charge in [0.05, 0.1) is 5.69 Å². The molecule has 9 heteroatoms. The molecule has 0 aliphatic heterocycles. The van der Waals surface area contributed by atoms with Crippen LogP contribution in [0, 0.1) is 18.6 Å². The van der Waals surface area contributed by atoms with E-state index < -0.39 is 44.2 Å². The minimum atomic E-state index is -4.00. The molecule has 0 saturated carbocycles. The molecule has 1 heterocycles. The quantitative estimate of drug-likeness (QED) is 0.610. The van der Waals surface area contributed by atoms with Gasteiger partial charge in [0.2, 0.25) is 0 Å². The van der Waals surface area contributed by atoms with Crippen LogP contribution in [0.3, 0.4) is 0 Å². The van der Waals surface area contributed by atoms with Crippen molar-refractivity contribution < 1.29 is 26.0 Å². The number of nitrogens with zero attached hydrogens (tertiary/aromatic N) is 2. The Balaban J connectivity index is 2.27. The van der Waals surface area contributed by atoms with Crippen LogP contribution in [-0.4, -0.2) is 24.5 Å². The SMILES string of the molecule is Cc1cccc(-c2cc(C(F)F)nn2-c2cc(F)c(S(C)(=O)=O)cc2F)c1. The van der Waals surface area contributed by atoms with Crippen molar-refractivity contribution in [3.8, 4) is 16.9 Å². The Morgan fingerprint density at radius 2 is 1.74 bits per heavy atom. The second-order valence-electron chi connectivity index (χ2n) is 6.04. The van der Waals surface area contributed by atoms with E-state index in [1.807, 2.05) is 0 Å². The highest BCUT2D eigenvalue weighted by Gasteiger charge is 2.23. The van der Waals surface area contributed by atoms with Crippen LogP contribution in [0.1, 0.15) is 17.7 Å². The van der Waals surface area contributed by atoms with Gasteiger partial charge in [0.15, 0.2) is 9.84 Å². The molecule has 0 fully saturated rings. The van der Waals surface area contributed by atoms with Gasteiger partial charge in [0.25, 0.3) is 6.43 Å². The lowest BCUT2D eigenvalue weighted by Gasteiger charge is -2.11. The minimum Gasteiger partial charge on any atom is -0.230 e. The molecule has 0 atom stereocenters. The van der Waals surface area contributed by atoms with E-state index in [4.69, 9.17) is 0 Å². The van der Waals surface area contributed by atoms with Crippen molar-refractivity contribution in [1.82, 2.24) is 9.78 Å². The van der Waals surface area contributed by atoms with E-state index in [0.717, 1.165) is 22.6 Å². The molecule has 0 amide bonds. The summed E-state index contributed by atoms with van der Waals surface area (Å²) >= 11 is 0. The van der Waals surface area contributed by atoms with E-state index in [1.54, 1.807) is 31.2 Å². The topological polar surface area (TPSA) is 52.0 Å². The Hall–Kier alpha value is -2.68. The summed E-state index contributed by atoms with van der Waals surface area (Å²) in [6.45, 7) is 1.79. The summed E-state index contributed by atoms with van der Waals surface area (Å²) in [5.74, 6) is -2.30. The highest BCUT2D eigenvalue weighted by Crippen LogP contribution is 2.31. The number of sulfone groups is 1. The third-order valence-corrected chi connectivity index (χ3v) is 5.01. The summed E-state index contributed by atoms with van der Waals surface area (Å²) < 4.78 is 79.0. The fourth-order valence-electron chi connectivity index (χ4n) is 2.66. The lowest BCUT2D eigenvalue weighted by Crippen LogP contribution is -2.08. The number of aryl methyl sites for hydroxylation is 1. The van der Waals surface area contributed by atoms with Crippen molar-refractivity contribution in [2.45, 2.75) is 18.2 Å². The van der Waals surface area contributed by atoms with Crippen molar-refractivity contribution in [1.29, 1.82) is 0 Å². The standard InChI is InChI=1S/C18H14F4N2O2S/c1-10-4-3-5-11(6-10)15-9-14(18(21)22)23-24(15)16-7-13(20)17(8-12(16)19)27(2,25)26/h3-9,18H,1-2H3. The first kappa shape index (κ1) is 19.1. The molecule has 0 N–H and O–H groups in total. The predicted octanol–water partition coefficient (Wildman–Crippen LogP) is 4.47. The van der Waals surface area contributed by atoms with E-state index >= 15 is 0 Å². The maximum atomic E-state index is 14.6. The van der Waals surface area contributed by atoms with Gasteiger partial charge in [-0.25, -0.2) is 30.7 Å². The Kier molecular flexibility index (Phi) is 4.81. The van der Waals surface area contributed by atoms with Gasteiger partial charge in [-0.1, -0.05) is 23.8 Å². The van der Waals surface area contributed by atoms with Gasteiger partial charge in [0.1, 0.15) is 27.9 Å². The Morgan fingerprint density at radius 3 is 2.33 bits per heavy atom. The van der Waals surface area contributed by atoms with Gasteiger partial charge < -0.3 is 0 Å². The second kappa shape index (κ2) is 6.80. The molecule has 0 aliphatic rings. The van der Waals surface area contributed by atoms with Crippen LogP contribution in [0.2, 0.25) is 0 Å². The van der Waals surface area contributed by atoms with Crippen molar-refractivity contribution in [2.24, 2.45) is 0 Å². The fourth-order valence-corrected chi connectivity index (χ4v) is 3.39. The third-order valence-electron chi connectivity index (χ3n) is 3.89. The molecule has 27 heavy (non-hydrogen) atoms. The average molecular weight is 398 g/mol. The van der Waals surface area contributed by atoms with Crippen LogP contribution >= 0.6 is 0 Å². The summed E-state index contributed by atoms with van der Waals surface area (Å²) in [6, 6.07) is 9.02. The van der Waals surface area contributed by atoms with Crippen LogP contribution in [0.5, 0.6) is 0 Å². The van der Waals surface area contributed by atoms with Gasteiger partial charge in [-0.3, -0.25) is 0 Å². The Bertz CT molecular complexity index is 1120. The molecule has 0 spiro atoms. The lowest BCUT2D eigenvalue weighted by molar-refractivity contribution is 0.145. The number of alkyl halides is 2. The second-order valence-corrected chi connectivity index (χ2v) is 8.03.